The van der Waals surface area contributed by atoms with Crippen LogP contribution < -0.4 is 4.90 Å². The van der Waals surface area contributed by atoms with Crippen LogP contribution >= 0.6 is 0 Å². The number of amides is 1. The molecule has 0 aliphatic carbocycles. The van der Waals surface area contributed by atoms with Crippen molar-refractivity contribution in [2.45, 2.75) is 25.9 Å². The standard InChI is InChI=1S/C25H26N6O2/c1-18-2-6-20(7-3-18)24-27-23(33-28-24)17-29-12-14-30(15-13-29)22-10-11-31(25(22)32)21-8-4-19(16-26)5-9-21/h2-9,22H,10-15,17H2,1H3. The first kappa shape index (κ1) is 21.3. The summed E-state index contributed by atoms with van der Waals surface area (Å²) in [6.45, 7) is 6.73. The second-order valence-electron chi connectivity index (χ2n) is 8.64. The van der Waals surface area contributed by atoms with E-state index in [1.807, 2.05) is 41.3 Å². The van der Waals surface area contributed by atoms with Crippen molar-refractivity contribution in [1.82, 2.24) is 19.9 Å². The number of nitriles is 1. The molecule has 2 aliphatic heterocycles. The smallest absolute Gasteiger partial charge is 0.244 e. The Morgan fingerprint density at radius 3 is 2.45 bits per heavy atom. The number of anilines is 1. The number of aromatic nitrogens is 2. The molecule has 0 radical (unpaired) electrons. The van der Waals surface area contributed by atoms with Crippen LogP contribution in [-0.2, 0) is 11.3 Å². The molecule has 1 aromatic heterocycles. The van der Waals surface area contributed by atoms with Crippen molar-refractivity contribution in [1.29, 1.82) is 5.26 Å². The van der Waals surface area contributed by atoms with Gasteiger partial charge in [0.1, 0.15) is 0 Å². The van der Waals surface area contributed by atoms with Gasteiger partial charge in [-0.1, -0.05) is 35.0 Å². The molecule has 1 atom stereocenters. The molecule has 2 aliphatic rings. The maximum Gasteiger partial charge on any atom is 0.244 e. The van der Waals surface area contributed by atoms with Gasteiger partial charge in [0.2, 0.25) is 17.6 Å². The summed E-state index contributed by atoms with van der Waals surface area (Å²) in [5.41, 5.74) is 3.61. The quantitative estimate of drug-likeness (QED) is 0.600. The van der Waals surface area contributed by atoms with Gasteiger partial charge in [-0.15, -0.1) is 0 Å². The summed E-state index contributed by atoms with van der Waals surface area (Å²) in [7, 11) is 0. The number of carbonyl (C=O) groups excluding carboxylic acids is 1. The van der Waals surface area contributed by atoms with Crippen LogP contribution in [0, 0.1) is 18.3 Å². The molecule has 3 heterocycles. The largest absolute Gasteiger partial charge is 0.338 e. The average Bonchev–Trinajstić information content (AvgIpc) is 3.47. The third-order valence-electron chi connectivity index (χ3n) is 6.47. The molecule has 168 valence electrons. The molecule has 0 spiro atoms. The molecule has 33 heavy (non-hydrogen) atoms. The number of nitrogens with zero attached hydrogens (tertiary/aromatic N) is 6. The van der Waals surface area contributed by atoms with Gasteiger partial charge in [-0.25, -0.2) is 0 Å². The van der Waals surface area contributed by atoms with E-state index in [-0.39, 0.29) is 11.9 Å². The van der Waals surface area contributed by atoms with E-state index in [1.54, 1.807) is 12.1 Å². The first-order valence-corrected chi connectivity index (χ1v) is 11.3. The van der Waals surface area contributed by atoms with E-state index >= 15 is 0 Å². The predicted octanol–water partition coefficient (Wildman–Crippen LogP) is 2.84. The van der Waals surface area contributed by atoms with Crippen LogP contribution in [0.2, 0.25) is 0 Å². The van der Waals surface area contributed by atoms with E-state index in [4.69, 9.17) is 9.78 Å². The number of aryl methyl sites for hydroxylation is 1. The summed E-state index contributed by atoms with van der Waals surface area (Å²) in [5, 5.41) is 13.1. The van der Waals surface area contributed by atoms with E-state index in [1.165, 1.54) is 5.56 Å². The van der Waals surface area contributed by atoms with E-state index in [0.29, 0.717) is 30.4 Å². The van der Waals surface area contributed by atoms with Crippen molar-refractivity contribution in [3.8, 4) is 17.5 Å². The van der Waals surface area contributed by atoms with Gasteiger partial charge in [0.15, 0.2) is 0 Å². The Hall–Kier alpha value is -3.54. The van der Waals surface area contributed by atoms with Gasteiger partial charge < -0.3 is 9.42 Å². The van der Waals surface area contributed by atoms with Gasteiger partial charge >= 0.3 is 0 Å². The summed E-state index contributed by atoms with van der Waals surface area (Å²) in [6.07, 6.45) is 0.822. The number of hydrogen-bond acceptors (Lipinski definition) is 7. The zero-order chi connectivity index (χ0) is 22.8. The molecular weight excluding hydrogens is 416 g/mol. The molecule has 1 unspecified atom stereocenters. The van der Waals surface area contributed by atoms with E-state index in [9.17, 15) is 4.79 Å². The first-order chi connectivity index (χ1) is 16.1. The average molecular weight is 443 g/mol. The minimum absolute atomic E-state index is 0.0839. The molecule has 0 N–H and O–H groups in total. The van der Waals surface area contributed by atoms with Crippen LogP contribution in [0.3, 0.4) is 0 Å². The minimum Gasteiger partial charge on any atom is -0.338 e. The lowest BCUT2D eigenvalue weighted by atomic mass is 10.1. The van der Waals surface area contributed by atoms with Crippen LogP contribution in [0.1, 0.15) is 23.4 Å². The molecular formula is C25H26N6O2. The SMILES string of the molecule is Cc1ccc(-c2noc(CN3CCN(C4CCN(c5ccc(C#N)cc5)C4=O)CC3)n2)cc1. The second-order valence-corrected chi connectivity index (χ2v) is 8.64. The zero-order valence-electron chi connectivity index (χ0n) is 18.6. The highest BCUT2D eigenvalue weighted by atomic mass is 16.5. The molecule has 8 nitrogen and oxygen atoms in total. The van der Waals surface area contributed by atoms with Crippen molar-refractivity contribution < 1.29 is 9.32 Å². The van der Waals surface area contributed by atoms with Crippen LogP contribution in [-0.4, -0.2) is 64.6 Å². The molecule has 8 heteroatoms. The Morgan fingerprint density at radius 2 is 1.76 bits per heavy atom. The number of piperazine rings is 1. The number of carbonyl (C=O) groups is 1. The van der Waals surface area contributed by atoms with Crippen molar-refractivity contribution >= 4 is 11.6 Å². The van der Waals surface area contributed by atoms with Gasteiger partial charge in [-0.05, 0) is 37.6 Å². The van der Waals surface area contributed by atoms with Crippen molar-refractivity contribution in [2.24, 2.45) is 0 Å². The van der Waals surface area contributed by atoms with Gasteiger partial charge in [0.25, 0.3) is 0 Å². The Morgan fingerprint density at radius 1 is 1.03 bits per heavy atom. The fourth-order valence-electron chi connectivity index (χ4n) is 4.54. The van der Waals surface area contributed by atoms with E-state index in [0.717, 1.165) is 43.9 Å². The Kier molecular flexibility index (Phi) is 5.90. The van der Waals surface area contributed by atoms with Crippen LogP contribution in [0.15, 0.2) is 53.1 Å². The van der Waals surface area contributed by atoms with Gasteiger partial charge in [0, 0.05) is 44.0 Å². The summed E-state index contributed by atoms with van der Waals surface area (Å²) < 4.78 is 5.48. The highest BCUT2D eigenvalue weighted by molar-refractivity contribution is 5.99. The first-order valence-electron chi connectivity index (χ1n) is 11.3. The normalized spacial score (nSPS) is 19.7. The van der Waals surface area contributed by atoms with E-state index in [2.05, 4.69) is 32.9 Å². The molecule has 3 aromatic rings. The Bertz CT molecular complexity index is 1160. The lowest BCUT2D eigenvalue weighted by Crippen LogP contribution is -2.52. The Balaban J connectivity index is 1.15. The van der Waals surface area contributed by atoms with Crippen molar-refractivity contribution in [3.05, 3.63) is 65.5 Å². The van der Waals surface area contributed by atoms with Crippen LogP contribution in [0.5, 0.6) is 0 Å². The molecule has 0 saturated carbocycles. The van der Waals surface area contributed by atoms with Crippen LogP contribution in [0.4, 0.5) is 5.69 Å². The highest BCUT2D eigenvalue weighted by Gasteiger charge is 2.37. The fraction of sp³-hybridized carbons (Fsp3) is 0.360. The maximum atomic E-state index is 13.1. The van der Waals surface area contributed by atoms with Crippen molar-refractivity contribution in [2.75, 3.05) is 37.6 Å². The van der Waals surface area contributed by atoms with Crippen molar-refractivity contribution in [3.63, 3.8) is 0 Å². The summed E-state index contributed by atoms with van der Waals surface area (Å²) in [4.78, 5) is 24.0. The fourth-order valence-corrected chi connectivity index (χ4v) is 4.54. The third-order valence-corrected chi connectivity index (χ3v) is 6.47. The summed E-state index contributed by atoms with van der Waals surface area (Å²) in [6, 6.07) is 17.3. The lowest BCUT2D eigenvalue weighted by molar-refractivity contribution is -0.122. The number of rotatable bonds is 5. The lowest BCUT2D eigenvalue weighted by Gasteiger charge is -2.36. The molecule has 1 amide bonds. The monoisotopic (exact) mass is 442 g/mol. The van der Waals surface area contributed by atoms with E-state index < -0.39 is 0 Å². The number of hydrogen-bond donors (Lipinski definition) is 0. The maximum absolute atomic E-state index is 13.1. The summed E-state index contributed by atoms with van der Waals surface area (Å²) >= 11 is 0. The molecule has 5 rings (SSSR count). The minimum atomic E-state index is -0.0839. The third kappa shape index (κ3) is 4.51. The molecule has 2 aromatic carbocycles. The molecule has 2 fully saturated rings. The number of benzene rings is 2. The zero-order valence-corrected chi connectivity index (χ0v) is 18.6. The van der Waals surface area contributed by atoms with Gasteiger partial charge in [-0.3, -0.25) is 14.6 Å². The molecule has 2 saturated heterocycles. The topological polar surface area (TPSA) is 89.5 Å². The molecule has 0 bridgehead atoms. The summed E-state index contributed by atoms with van der Waals surface area (Å²) in [5.74, 6) is 1.37. The van der Waals surface area contributed by atoms with Gasteiger partial charge in [-0.2, -0.15) is 10.2 Å². The predicted molar refractivity (Wildman–Crippen MR) is 123 cm³/mol. The highest BCUT2D eigenvalue weighted by Crippen LogP contribution is 2.26. The second kappa shape index (κ2) is 9.14. The Labute approximate surface area is 193 Å². The van der Waals surface area contributed by atoms with Crippen LogP contribution in [0.25, 0.3) is 11.4 Å². The van der Waals surface area contributed by atoms with Gasteiger partial charge in [0.05, 0.1) is 24.2 Å².